The third-order valence-corrected chi connectivity index (χ3v) is 10.4. The summed E-state index contributed by atoms with van der Waals surface area (Å²) < 4.78 is 2.49. The third kappa shape index (κ3) is 4.65. The molecular formula is C43H25N5S. The van der Waals surface area contributed by atoms with E-state index in [0.717, 1.165) is 71.8 Å². The Kier molecular flexibility index (Phi) is 6.29. The summed E-state index contributed by atoms with van der Waals surface area (Å²) in [6.07, 6.45) is 7.60. The van der Waals surface area contributed by atoms with Gasteiger partial charge in [0.2, 0.25) is 0 Å². The Morgan fingerprint density at radius 3 is 2.00 bits per heavy atom. The predicted molar refractivity (Wildman–Crippen MR) is 203 cm³/mol. The Morgan fingerprint density at radius 2 is 1.12 bits per heavy atom. The zero-order valence-electron chi connectivity index (χ0n) is 26.1. The van der Waals surface area contributed by atoms with Crippen molar-refractivity contribution in [1.29, 1.82) is 0 Å². The van der Waals surface area contributed by atoms with Crippen molar-refractivity contribution < 1.29 is 0 Å². The second-order valence-corrected chi connectivity index (χ2v) is 13.2. The molecule has 0 aliphatic rings. The molecule has 5 aromatic heterocycles. The van der Waals surface area contributed by atoms with E-state index in [-0.39, 0.29) is 0 Å². The summed E-state index contributed by atoms with van der Waals surface area (Å²) in [4.78, 5) is 24.4. The third-order valence-electron chi connectivity index (χ3n) is 9.24. The predicted octanol–water partition coefficient (Wildman–Crippen LogP) is 11.2. The van der Waals surface area contributed by atoms with Gasteiger partial charge in [0.05, 0.1) is 22.2 Å². The number of fused-ring (bicyclic) bond motifs is 8. The van der Waals surface area contributed by atoms with Gasteiger partial charge in [-0.1, -0.05) is 103 Å². The summed E-state index contributed by atoms with van der Waals surface area (Å²) in [6, 6.07) is 44.3. The van der Waals surface area contributed by atoms with Crippen LogP contribution in [0, 0.1) is 0 Å². The Labute approximate surface area is 285 Å². The molecule has 6 heteroatoms. The zero-order chi connectivity index (χ0) is 32.3. The lowest BCUT2D eigenvalue weighted by Crippen LogP contribution is -1.94. The molecule has 0 amide bonds. The Hall–Kier alpha value is -6.37. The Morgan fingerprint density at radius 1 is 0.429 bits per heavy atom. The monoisotopic (exact) mass is 643 g/mol. The molecule has 10 aromatic rings. The van der Waals surface area contributed by atoms with Gasteiger partial charge in [-0.25, -0.2) is 15.0 Å². The van der Waals surface area contributed by atoms with E-state index in [1.165, 1.54) is 20.2 Å². The van der Waals surface area contributed by atoms with E-state index in [1.807, 2.05) is 84.7 Å². The summed E-state index contributed by atoms with van der Waals surface area (Å²) in [5, 5.41) is 5.84. The number of rotatable bonds is 4. The van der Waals surface area contributed by atoms with E-state index >= 15 is 0 Å². The van der Waals surface area contributed by atoms with E-state index < -0.39 is 0 Å². The summed E-state index contributed by atoms with van der Waals surface area (Å²) in [5.41, 5.74) is 9.70. The van der Waals surface area contributed by atoms with Crippen molar-refractivity contribution in [3.63, 3.8) is 0 Å². The van der Waals surface area contributed by atoms with Gasteiger partial charge in [0, 0.05) is 88.9 Å². The summed E-state index contributed by atoms with van der Waals surface area (Å²) >= 11 is 1.82. The van der Waals surface area contributed by atoms with Gasteiger partial charge in [-0.2, -0.15) is 0 Å². The number of nitrogens with zero attached hydrogens (tertiary/aromatic N) is 5. The van der Waals surface area contributed by atoms with E-state index in [2.05, 4.69) is 93.8 Å². The van der Waals surface area contributed by atoms with Crippen molar-refractivity contribution in [1.82, 2.24) is 24.9 Å². The first-order valence-corrected chi connectivity index (χ1v) is 17.0. The van der Waals surface area contributed by atoms with Crippen LogP contribution in [0.2, 0.25) is 0 Å². The first-order chi connectivity index (χ1) is 24.3. The SMILES string of the molecule is c1ccc(-c2ncc(-c3cnc4c(c3)nc(-c3ccc(-c5cnc6ccccc6c5)cc3)c3ccc5c6ccccc6sc5c34)cn2)cc1. The summed E-state index contributed by atoms with van der Waals surface area (Å²) in [7, 11) is 0. The highest BCUT2D eigenvalue weighted by molar-refractivity contribution is 7.26. The van der Waals surface area contributed by atoms with Crippen molar-refractivity contribution in [2.24, 2.45) is 0 Å². The molecule has 0 saturated carbocycles. The van der Waals surface area contributed by atoms with Crippen LogP contribution >= 0.6 is 11.3 Å². The fourth-order valence-electron chi connectivity index (χ4n) is 6.77. The molecule has 0 aliphatic carbocycles. The quantitative estimate of drug-likeness (QED) is 0.179. The van der Waals surface area contributed by atoms with E-state index in [4.69, 9.17) is 9.97 Å². The average Bonchev–Trinajstić information content (AvgIpc) is 3.56. The van der Waals surface area contributed by atoms with Crippen LogP contribution < -0.4 is 0 Å². The lowest BCUT2D eigenvalue weighted by molar-refractivity contribution is 1.18. The number of para-hydroxylation sites is 1. The van der Waals surface area contributed by atoms with Crippen LogP contribution in [0.4, 0.5) is 0 Å². The molecule has 5 aromatic carbocycles. The fraction of sp³-hybridized carbons (Fsp3) is 0. The smallest absolute Gasteiger partial charge is 0.159 e. The van der Waals surface area contributed by atoms with Crippen molar-refractivity contribution in [2.45, 2.75) is 0 Å². The van der Waals surface area contributed by atoms with E-state index in [9.17, 15) is 0 Å². The minimum absolute atomic E-state index is 0.694. The van der Waals surface area contributed by atoms with Crippen molar-refractivity contribution >= 4 is 64.2 Å². The van der Waals surface area contributed by atoms with Gasteiger partial charge in [0.1, 0.15) is 0 Å². The average molecular weight is 644 g/mol. The van der Waals surface area contributed by atoms with Gasteiger partial charge >= 0.3 is 0 Å². The van der Waals surface area contributed by atoms with Gasteiger partial charge in [0.25, 0.3) is 0 Å². The first-order valence-electron chi connectivity index (χ1n) is 16.1. The maximum Gasteiger partial charge on any atom is 0.159 e. The molecule has 0 N–H and O–H groups in total. The maximum atomic E-state index is 5.32. The van der Waals surface area contributed by atoms with E-state index in [1.54, 1.807) is 0 Å². The maximum absolute atomic E-state index is 5.32. The number of pyridine rings is 3. The molecule has 0 spiro atoms. The number of hydrogen-bond donors (Lipinski definition) is 0. The molecule has 5 nitrogen and oxygen atoms in total. The van der Waals surface area contributed by atoms with Crippen LogP contribution in [0.5, 0.6) is 0 Å². The van der Waals surface area contributed by atoms with Gasteiger partial charge in [-0.15, -0.1) is 11.3 Å². The van der Waals surface area contributed by atoms with Crippen LogP contribution in [-0.2, 0) is 0 Å². The molecule has 228 valence electrons. The number of benzene rings is 5. The highest BCUT2D eigenvalue weighted by Crippen LogP contribution is 2.43. The number of thiophene rings is 1. The van der Waals surface area contributed by atoms with Crippen LogP contribution in [0.1, 0.15) is 0 Å². The molecule has 0 aliphatic heterocycles. The van der Waals surface area contributed by atoms with E-state index in [0.29, 0.717) is 5.82 Å². The highest BCUT2D eigenvalue weighted by atomic mass is 32.1. The molecule has 0 bridgehead atoms. The Balaban J connectivity index is 1.15. The van der Waals surface area contributed by atoms with Crippen LogP contribution in [0.3, 0.4) is 0 Å². The lowest BCUT2D eigenvalue weighted by Gasteiger charge is -2.12. The van der Waals surface area contributed by atoms with Gasteiger partial charge in [-0.05, 0) is 29.8 Å². The van der Waals surface area contributed by atoms with Crippen molar-refractivity contribution in [3.05, 3.63) is 152 Å². The minimum atomic E-state index is 0.694. The molecule has 0 saturated heterocycles. The molecule has 0 radical (unpaired) electrons. The van der Waals surface area contributed by atoms with Crippen LogP contribution in [0.25, 0.3) is 97.8 Å². The molecular weight excluding hydrogens is 619 g/mol. The van der Waals surface area contributed by atoms with Gasteiger partial charge < -0.3 is 0 Å². The van der Waals surface area contributed by atoms with Crippen LogP contribution in [-0.4, -0.2) is 24.9 Å². The molecule has 0 atom stereocenters. The molecule has 0 fully saturated rings. The zero-order valence-corrected chi connectivity index (χ0v) is 26.9. The number of hydrogen-bond acceptors (Lipinski definition) is 6. The summed E-state index contributed by atoms with van der Waals surface area (Å²) in [5.74, 6) is 0.694. The second-order valence-electron chi connectivity index (χ2n) is 12.2. The molecule has 5 heterocycles. The lowest BCUT2D eigenvalue weighted by atomic mass is 9.97. The summed E-state index contributed by atoms with van der Waals surface area (Å²) in [6.45, 7) is 0. The van der Waals surface area contributed by atoms with Gasteiger partial charge in [-0.3, -0.25) is 9.97 Å². The second kappa shape index (κ2) is 11.1. The van der Waals surface area contributed by atoms with Crippen LogP contribution in [0.15, 0.2) is 152 Å². The fourth-order valence-corrected chi connectivity index (χ4v) is 8.02. The van der Waals surface area contributed by atoms with Crippen molar-refractivity contribution in [2.75, 3.05) is 0 Å². The standard InChI is InChI=1S/C43H25N5S/c1-2-8-28(9-3-1)43-46-24-32(25-47-43)31-21-37-41(45-23-31)39-35(19-18-34-33-11-5-7-13-38(33)49-42(34)39)40(48-37)27-16-14-26(15-17-27)30-20-29-10-4-6-12-36(29)44-22-30/h1-25H. The molecule has 49 heavy (non-hydrogen) atoms. The largest absolute Gasteiger partial charge is 0.256 e. The molecule has 10 rings (SSSR count). The Bertz CT molecular complexity index is 2860. The van der Waals surface area contributed by atoms with Crippen molar-refractivity contribution in [3.8, 4) is 44.9 Å². The number of aromatic nitrogens is 5. The topological polar surface area (TPSA) is 64.5 Å². The highest BCUT2D eigenvalue weighted by Gasteiger charge is 2.18. The first kappa shape index (κ1) is 27.7. The minimum Gasteiger partial charge on any atom is -0.256 e. The molecule has 0 unspecified atom stereocenters. The normalized spacial score (nSPS) is 11.7. The van der Waals surface area contributed by atoms with Gasteiger partial charge in [0.15, 0.2) is 5.82 Å².